The highest BCUT2D eigenvalue weighted by atomic mass is 16.5. The maximum atomic E-state index is 11.7. The number of hydrogen-bond donors (Lipinski definition) is 7. The molecule has 25 heavy (non-hydrogen) atoms. The summed E-state index contributed by atoms with van der Waals surface area (Å²) < 4.78 is 9.10. The molecule has 0 spiro atoms. The van der Waals surface area contributed by atoms with Crippen LogP contribution in [0.2, 0.25) is 0 Å². The number of aliphatic hydroxyl groups excluding tert-OH is 4. The van der Waals surface area contributed by atoms with Gasteiger partial charge in [-0.3, -0.25) is 19.6 Å². The molecule has 140 valence electrons. The molecule has 7 N–H and O–H groups in total. The minimum absolute atomic E-state index is 0.615. The lowest BCUT2D eigenvalue weighted by Gasteiger charge is -2.21. The zero-order valence-electron chi connectivity index (χ0n) is 12.9. The monoisotopic (exact) mass is 363 g/mol. The van der Waals surface area contributed by atoms with Gasteiger partial charge in [-0.1, -0.05) is 0 Å². The highest BCUT2D eigenvalue weighted by Gasteiger charge is 2.26. The van der Waals surface area contributed by atoms with E-state index in [0.717, 1.165) is 7.11 Å². The van der Waals surface area contributed by atoms with Crippen LogP contribution in [-0.4, -0.2) is 80.9 Å². The van der Waals surface area contributed by atoms with Crippen molar-refractivity contribution in [2.45, 2.75) is 18.3 Å². The van der Waals surface area contributed by atoms with Crippen LogP contribution in [0.3, 0.4) is 0 Å². The number of anilines is 1. The van der Waals surface area contributed by atoms with Gasteiger partial charge in [0.25, 0.3) is 5.56 Å². The number of aliphatic hydroxyl groups is 4. The third kappa shape index (κ3) is 5.39. The number of ether oxygens (including phenoxy) is 2. The summed E-state index contributed by atoms with van der Waals surface area (Å²) in [5, 5.41) is 38.9. The number of carbonyl (C=O) groups excluding carboxylic acids is 2. The number of amides is 1. The first kappa shape index (κ1) is 20.3. The summed E-state index contributed by atoms with van der Waals surface area (Å²) in [5.74, 6) is -3.27. The smallest absolute Gasteiger partial charge is 0.396 e. The summed E-state index contributed by atoms with van der Waals surface area (Å²) in [6, 6.07) is 0. The molecule has 0 bridgehead atoms. The molecule has 3 atom stereocenters. The normalized spacial score (nSPS) is 14.3. The largest absolute Gasteiger partial charge is 0.474 e. The summed E-state index contributed by atoms with van der Waals surface area (Å²) in [6.45, 7) is -1.57. The molecule has 0 aliphatic carbocycles. The first-order valence-corrected chi connectivity index (χ1v) is 6.75. The molecule has 0 aliphatic heterocycles. The quantitative estimate of drug-likeness (QED) is 0.183. The Kier molecular flexibility index (Phi) is 7.25. The predicted octanol–water partition coefficient (Wildman–Crippen LogP) is -4.37. The molecule has 1 aromatic heterocycles. The van der Waals surface area contributed by atoms with Crippen molar-refractivity contribution in [1.82, 2.24) is 9.97 Å². The summed E-state index contributed by atoms with van der Waals surface area (Å²) >= 11 is 0. The number of nitrogens with one attached hydrogen (secondary N) is 3. The van der Waals surface area contributed by atoms with Gasteiger partial charge in [-0.2, -0.15) is 0 Å². The highest BCUT2D eigenvalue weighted by molar-refractivity contribution is 6.37. The van der Waals surface area contributed by atoms with Crippen LogP contribution in [0.5, 0.6) is 5.88 Å². The standard InChI is InChI=1S/C12H17N3O10/c1-24-11(22)9(21)13-6-8(20)14-12(23)15-10(6)25-3-5(18)7(19)4(17)2-16/h4-5,7,16-19H,2-3H2,1H3,(H,13,21)(H2,14,15,20,23)/t4-,5+,7-/m1/s1. The van der Waals surface area contributed by atoms with Crippen molar-refractivity contribution in [3.05, 3.63) is 20.8 Å². The molecular weight excluding hydrogens is 346 g/mol. The SMILES string of the molecule is COC(=O)C(=O)Nc1c(OC[C@H](O)[C@H](O)[C@H](O)CO)[nH]c(=O)[nH]c1=O. The van der Waals surface area contributed by atoms with Gasteiger partial charge in [0.2, 0.25) is 5.88 Å². The number of hydrogen-bond acceptors (Lipinski definition) is 10. The van der Waals surface area contributed by atoms with Crippen molar-refractivity contribution in [2.75, 3.05) is 25.6 Å². The lowest BCUT2D eigenvalue weighted by Crippen LogP contribution is -2.42. The van der Waals surface area contributed by atoms with E-state index in [1.165, 1.54) is 0 Å². The second-order valence-corrected chi connectivity index (χ2v) is 4.68. The summed E-state index contributed by atoms with van der Waals surface area (Å²) in [7, 11) is 0.931. The second kappa shape index (κ2) is 8.93. The predicted molar refractivity (Wildman–Crippen MR) is 78.9 cm³/mol. The van der Waals surface area contributed by atoms with Crippen molar-refractivity contribution in [3.63, 3.8) is 0 Å². The van der Waals surface area contributed by atoms with Crippen molar-refractivity contribution in [2.24, 2.45) is 0 Å². The topological polar surface area (TPSA) is 211 Å². The van der Waals surface area contributed by atoms with E-state index in [2.05, 4.69) is 4.74 Å². The van der Waals surface area contributed by atoms with Gasteiger partial charge in [0, 0.05) is 0 Å². The zero-order valence-corrected chi connectivity index (χ0v) is 12.9. The average molecular weight is 363 g/mol. The minimum Gasteiger partial charge on any atom is -0.474 e. The molecule has 0 fully saturated rings. The van der Waals surface area contributed by atoms with E-state index in [-0.39, 0.29) is 0 Å². The molecular formula is C12H17N3O10. The first-order valence-electron chi connectivity index (χ1n) is 6.75. The number of H-pyrrole nitrogens is 2. The van der Waals surface area contributed by atoms with Gasteiger partial charge in [-0.05, 0) is 0 Å². The summed E-state index contributed by atoms with van der Waals surface area (Å²) in [6.07, 6.45) is -5.16. The summed E-state index contributed by atoms with van der Waals surface area (Å²) in [5.41, 5.74) is -2.78. The second-order valence-electron chi connectivity index (χ2n) is 4.68. The van der Waals surface area contributed by atoms with E-state index in [9.17, 15) is 34.5 Å². The number of carbonyl (C=O) groups is 2. The van der Waals surface area contributed by atoms with Crippen LogP contribution in [0.25, 0.3) is 0 Å². The third-order valence-corrected chi connectivity index (χ3v) is 2.89. The molecule has 0 radical (unpaired) electrons. The third-order valence-electron chi connectivity index (χ3n) is 2.89. The maximum absolute atomic E-state index is 11.7. The molecule has 1 rings (SSSR count). The van der Waals surface area contributed by atoms with Gasteiger partial charge in [-0.15, -0.1) is 0 Å². The molecule has 0 unspecified atom stereocenters. The van der Waals surface area contributed by atoms with E-state index < -0.39 is 66.2 Å². The van der Waals surface area contributed by atoms with Gasteiger partial charge in [-0.25, -0.2) is 9.59 Å². The van der Waals surface area contributed by atoms with Gasteiger partial charge in [0.15, 0.2) is 5.69 Å². The Bertz CT molecular complexity index is 727. The number of aromatic amines is 2. The molecule has 0 saturated carbocycles. The Labute approximate surface area is 138 Å². The van der Waals surface area contributed by atoms with Crippen LogP contribution in [0.15, 0.2) is 9.59 Å². The number of aromatic nitrogens is 2. The molecule has 1 heterocycles. The minimum atomic E-state index is -1.79. The fourth-order valence-electron chi connectivity index (χ4n) is 1.58. The Morgan fingerprint density at radius 3 is 2.36 bits per heavy atom. The van der Waals surface area contributed by atoms with Crippen LogP contribution in [-0.2, 0) is 14.3 Å². The van der Waals surface area contributed by atoms with E-state index in [1.54, 1.807) is 4.98 Å². The number of esters is 1. The Morgan fingerprint density at radius 2 is 1.80 bits per heavy atom. The van der Waals surface area contributed by atoms with Crippen LogP contribution < -0.4 is 21.3 Å². The average Bonchev–Trinajstić information content (AvgIpc) is 2.59. The van der Waals surface area contributed by atoms with E-state index >= 15 is 0 Å². The molecule has 13 nitrogen and oxygen atoms in total. The first-order chi connectivity index (χ1) is 11.7. The molecule has 0 aliphatic rings. The van der Waals surface area contributed by atoms with Crippen LogP contribution >= 0.6 is 0 Å². The lowest BCUT2D eigenvalue weighted by atomic mass is 10.1. The fraction of sp³-hybridized carbons (Fsp3) is 0.500. The number of rotatable bonds is 7. The Balaban J connectivity index is 2.99. The number of methoxy groups -OCH3 is 1. The molecule has 13 heteroatoms. The van der Waals surface area contributed by atoms with Crippen LogP contribution in [0.4, 0.5) is 5.69 Å². The van der Waals surface area contributed by atoms with Crippen molar-refractivity contribution >= 4 is 17.6 Å². The lowest BCUT2D eigenvalue weighted by molar-refractivity contribution is -0.150. The Morgan fingerprint density at radius 1 is 1.16 bits per heavy atom. The maximum Gasteiger partial charge on any atom is 0.396 e. The van der Waals surface area contributed by atoms with Crippen LogP contribution in [0, 0.1) is 0 Å². The van der Waals surface area contributed by atoms with E-state index in [0.29, 0.717) is 0 Å². The van der Waals surface area contributed by atoms with Gasteiger partial charge in [0.05, 0.1) is 13.7 Å². The fourth-order valence-corrected chi connectivity index (χ4v) is 1.58. The van der Waals surface area contributed by atoms with Gasteiger partial charge in [0.1, 0.15) is 24.9 Å². The van der Waals surface area contributed by atoms with Crippen molar-refractivity contribution in [1.29, 1.82) is 0 Å². The molecule has 0 aromatic carbocycles. The van der Waals surface area contributed by atoms with E-state index in [1.807, 2.05) is 10.3 Å². The molecule has 1 aromatic rings. The zero-order chi connectivity index (χ0) is 19.1. The van der Waals surface area contributed by atoms with Crippen LogP contribution in [0.1, 0.15) is 0 Å². The van der Waals surface area contributed by atoms with Crippen molar-refractivity contribution in [3.8, 4) is 5.88 Å². The summed E-state index contributed by atoms with van der Waals surface area (Å²) in [4.78, 5) is 49.4. The van der Waals surface area contributed by atoms with Crippen molar-refractivity contribution < 1.29 is 39.5 Å². The highest BCUT2D eigenvalue weighted by Crippen LogP contribution is 2.15. The van der Waals surface area contributed by atoms with E-state index in [4.69, 9.17) is 9.84 Å². The Hall–Kier alpha value is -2.74. The van der Waals surface area contributed by atoms with Gasteiger partial charge >= 0.3 is 17.6 Å². The molecule has 0 saturated heterocycles. The molecule has 1 amide bonds. The van der Waals surface area contributed by atoms with Gasteiger partial charge < -0.3 is 35.2 Å².